The number of nitrogens with one attached hydrogen (secondary N) is 1. The number of benzene rings is 1. The van der Waals surface area contributed by atoms with Gasteiger partial charge in [-0.05, 0) is 37.4 Å². The fraction of sp³-hybridized carbons (Fsp3) is 0.211. The zero-order valence-corrected chi connectivity index (χ0v) is 17.7. The summed E-state index contributed by atoms with van der Waals surface area (Å²) < 4.78 is 28.3. The molecule has 2 N–H and O–H groups in total. The molecule has 0 aliphatic rings. The lowest BCUT2D eigenvalue weighted by Gasteiger charge is -2.28. The smallest absolute Gasteiger partial charge is 0.274 e. The minimum absolute atomic E-state index is 0.0523. The molecule has 0 atom stereocenters. The van der Waals surface area contributed by atoms with Gasteiger partial charge < -0.3 is 10.1 Å². The second-order valence-electron chi connectivity index (χ2n) is 6.54. The molecule has 146 valence electrons. The molecule has 4 rings (SSSR count). The summed E-state index contributed by atoms with van der Waals surface area (Å²) in [6.07, 6.45) is 1.65. The van der Waals surface area contributed by atoms with Gasteiger partial charge in [-0.25, -0.2) is 13.4 Å². The maximum atomic E-state index is 13.3. The van der Waals surface area contributed by atoms with Crippen molar-refractivity contribution in [1.82, 2.24) is 9.97 Å². The molecular weight excluding hydrogens is 414 g/mol. The first kappa shape index (κ1) is 19.1. The Morgan fingerprint density at radius 1 is 1.25 bits per heavy atom. The molecular formula is C19H19N3O3S3. The Morgan fingerprint density at radius 3 is 2.71 bits per heavy atom. The third kappa shape index (κ3) is 3.24. The fourth-order valence-electron chi connectivity index (χ4n) is 3.14. The zero-order chi connectivity index (χ0) is 19.9. The van der Waals surface area contributed by atoms with Gasteiger partial charge >= 0.3 is 0 Å². The van der Waals surface area contributed by atoms with Crippen LogP contribution in [0.5, 0.6) is 0 Å². The van der Waals surface area contributed by atoms with Crippen LogP contribution >= 0.6 is 22.7 Å². The van der Waals surface area contributed by atoms with Crippen LogP contribution in [0.4, 0.5) is 5.69 Å². The summed E-state index contributed by atoms with van der Waals surface area (Å²) in [7, 11) is -3.67. The molecule has 0 fully saturated rings. The molecule has 0 aliphatic heterocycles. The van der Waals surface area contributed by atoms with Gasteiger partial charge in [-0.15, -0.1) is 22.7 Å². The molecule has 0 bridgehead atoms. The van der Waals surface area contributed by atoms with Crippen molar-refractivity contribution >= 4 is 49.3 Å². The van der Waals surface area contributed by atoms with Crippen LogP contribution in [0.25, 0.3) is 21.6 Å². The summed E-state index contributed by atoms with van der Waals surface area (Å²) in [5.74, 6) is 0. The monoisotopic (exact) mass is 433 g/mol. The van der Waals surface area contributed by atoms with E-state index in [0.29, 0.717) is 9.90 Å². The molecule has 4 aromatic rings. The zero-order valence-electron chi connectivity index (χ0n) is 15.3. The largest absolute Gasteiger partial charge is 0.391 e. The van der Waals surface area contributed by atoms with Gasteiger partial charge in [-0.2, -0.15) is 0 Å². The van der Waals surface area contributed by atoms with Crippen LogP contribution in [-0.2, 0) is 16.6 Å². The molecule has 3 aromatic heterocycles. The highest BCUT2D eigenvalue weighted by atomic mass is 32.2. The molecule has 0 spiro atoms. The van der Waals surface area contributed by atoms with E-state index < -0.39 is 10.0 Å². The number of hydrogen-bond acceptors (Lipinski definition) is 6. The third-order valence-corrected chi connectivity index (χ3v) is 8.67. The summed E-state index contributed by atoms with van der Waals surface area (Å²) in [6, 6.07) is 10.7. The molecule has 1 aromatic carbocycles. The Labute approximate surface area is 171 Å². The normalized spacial score (nSPS) is 12.1. The topological polar surface area (TPSA) is 86.3 Å². The predicted molar refractivity (Wildman–Crippen MR) is 114 cm³/mol. The summed E-state index contributed by atoms with van der Waals surface area (Å²) in [5, 5.41) is 12.7. The molecule has 0 unspecified atom stereocenters. The van der Waals surface area contributed by atoms with E-state index in [4.69, 9.17) is 0 Å². The first-order valence-corrected chi connectivity index (χ1v) is 11.8. The first-order chi connectivity index (χ1) is 13.4. The van der Waals surface area contributed by atoms with E-state index in [2.05, 4.69) is 9.97 Å². The average Bonchev–Trinajstić information content (AvgIpc) is 3.40. The number of rotatable bonds is 6. The molecule has 0 aliphatic carbocycles. The van der Waals surface area contributed by atoms with Gasteiger partial charge in [0.15, 0.2) is 0 Å². The SMILES string of the molecule is CC(C)N(c1cccc2cc(-c3ncc(CO)s3)[nH]c12)S(=O)(=O)c1cccs1. The Kier molecular flexibility index (Phi) is 5.00. The van der Waals surface area contributed by atoms with Crippen molar-refractivity contribution < 1.29 is 13.5 Å². The van der Waals surface area contributed by atoms with Gasteiger partial charge in [0, 0.05) is 17.6 Å². The summed E-state index contributed by atoms with van der Waals surface area (Å²) in [5.41, 5.74) is 2.14. The number of thiophene rings is 1. The van der Waals surface area contributed by atoms with Crippen molar-refractivity contribution in [3.8, 4) is 10.7 Å². The molecule has 28 heavy (non-hydrogen) atoms. The number of aromatic nitrogens is 2. The lowest BCUT2D eigenvalue weighted by atomic mass is 10.2. The number of H-pyrrole nitrogens is 1. The molecule has 6 nitrogen and oxygen atoms in total. The van der Waals surface area contributed by atoms with Crippen LogP contribution in [0.15, 0.2) is 52.2 Å². The summed E-state index contributed by atoms with van der Waals surface area (Å²) in [4.78, 5) is 8.46. The minimum atomic E-state index is -3.67. The quantitative estimate of drug-likeness (QED) is 0.470. The maximum Gasteiger partial charge on any atom is 0.274 e. The number of fused-ring (bicyclic) bond motifs is 1. The van der Waals surface area contributed by atoms with Crippen LogP contribution in [0.1, 0.15) is 18.7 Å². The van der Waals surface area contributed by atoms with E-state index in [1.807, 2.05) is 38.1 Å². The molecule has 0 saturated heterocycles. The maximum absolute atomic E-state index is 13.3. The van der Waals surface area contributed by atoms with Crippen molar-refractivity contribution in [2.24, 2.45) is 0 Å². The van der Waals surface area contributed by atoms with Gasteiger partial charge in [0.2, 0.25) is 0 Å². The number of nitrogens with zero attached hydrogens (tertiary/aromatic N) is 2. The van der Waals surface area contributed by atoms with Gasteiger partial charge in [0.25, 0.3) is 10.0 Å². The van der Waals surface area contributed by atoms with Crippen molar-refractivity contribution in [1.29, 1.82) is 0 Å². The van der Waals surface area contributed by atoms with Crippen LogP contribution in [0.3, 0.4) is 0 Å². The third-order valence-electron chi connectivity index (χ3n) is 4.29. The van der Waals surface area contributed by atoms with Gasteiger partial charge in [-0.1, -0.05) is 18.2 Å². The van der Waals surface area contributed by atoms with E-state index in [0.717, 1.165) is 26.5 Å². The Morgan fingerprint density at radius 2 is 2.07 bits per heavy atom. The number of anilines is 1. The van der Waals surface area contributed by atoms with E-state index in [1.54, 1.807) is 23.7 Å². The van der Waals surface area contributed by atoms with E-state index in [-0.39, 0.29) is 12.6 Å². The number of aliphatic hydroxyl groups excluding tert-OH is 1. The second-order valence-corrected chi connectivity index (χ2v) is 10.6. The lowest BCUT2D eigenvalue weighted by molar-refractivity contribution is 0.285. The first-order valence-electron chi connectivity index (χ1n) is 8.67. The van der Waals surface area contributed by atoms with Crippen molar-refractivity contribution in [2.45, 2.75) is 30.7 Å². The minimum Gasteiger partial charge on any atom is -0.391 e. The number of para-hydroxylation sites is 1. The van der Waals surface area contributed by atoms with Crippen molar-refractivity contribution in [3.05, 3.63) is 52.9 Å². The predicted octanol–water partition coefficient (Wildman–Crippen LogP) is 4.45. The molecule has 3 heterocycles. The number of hydrogen-bond donors (Lipinski definition) is 2. The van der Waals surface area contributed by atoms with Gasteiger partial charge in [0.1, 0.15) is 9.22 Å². The Hall–Kier alpha value is -2.20. The summed E-state index contributed by atoms with van der Waals surface area (Å²) in [6.45, 7) is 3.67. The van der Waals surface area contributed by atoms with Crippen LogP contribution < -0.4 is 4.31 Å². The van der Waals surface area contributed by atoms with Gasteiger partial charge in [-0.3, -0.25) is 4.31 Å². The van der Waals surface area contributed by atoms with Gasteiger partial charge in [0.05, 0.1) is 28.4 Å². The number of aliphatic hydroxyl groups is 1. The van der Waals surface area contributed by atoms with Crippen LogP contribution in [0, 0.1) is 0 Å². The molecule has 0 radical (unpaired) electrons. The van der Waals surface area contributed by atoms with Crippen LogP contribution in [-0.4, -0.2) is 29.5 Å². The van der Waals surface area contributed by atoms with Crippen molar-refractivity contribution in [2.75, 3.05) is 4.31 Å². The van der Waals surface area contributed by atoms with E-state index >= 15 is 0 Å². The second kappa shape index (κ2) is 7.32. The Bertz CT molecular complexity index is 1210. The number of thiazole rings is 1. The van der Waals surface area contributed by atoms with Crippen LogP contribution in [0.2, 0.25) is 0 Å². The molecule has 0 saturated carbocycles. The van der Waals surface area contributed by atoms with E-state index in [9.17, 15) is 13.5 Å². The number of aromatic amines is 1. The average molecular weight is 434 g/mol. The summed E-state index contributed by atoms with van der Waals surface area (Å²) >= 11 is 2.61. The highest BCUT2D eigenvalue weighted by molar-refractivity contribution is 7.94. The fourth-order valence-corrected chi connectivity index (χ4v) is 6.63. The number of sulfonamides is 1. The highest BCUT2D eigenvalue weighted by Gasteiger charge is 2.30. The Balaban J connectivity index is 1.87. The standard InChI is InChI=1S/C19H19N3O3S3/c1-12(2)22(28(24,25)17-7-4-8-26-17)16-6-3-5-13-9-15(21-18(13)16)19-20-10-14(11-23)27-19/h3-10,12,21,23H,11H2,1-2H3. The van der Waals surface area contributed by atoms with E-state index in [1.165, 1.54) is 27.0 Å². The lowest BCUT2D eigenvalue weighted by Crippen LogP contribution is -2.36. The molecule has 9 heteroatoms. The van der Waals surface area contributed by atoms with Crippen molar-refractivity contribution in [3.63, 3.8) is 0 Å². The molecule has 0 amide bonds. The highest BCUT2D eigenvalue weighted by Crippen LogP contribution is 2.36.